The van der Waals surface area contributed by atoms with Gasteiger partial charge in [0.25, 0.3) is 0 Å². The molecule has 0 radical (unpaired) electrons. The second kappa shape index (κ2) is 11.2. The first kappa shape index (κ1) is 23.2. The van der Waals surface area contributed by atoms with Crippen molar-refractivity contribution in [3.8, 4) is 17.0 Å². The summed E-state index contributed by atoms with van der Waals surface area (Å²) in [6, 6.07) is 17.7. The molecule has 0 fully saturated rings. The molecule has 3 rings (SSSR count). The predicted molar refractivity (Wildman–Crippen MR) is 121 cm³/mol. The molecule has 3 aromatic rings. The fourth-order valence-electron chi connectivity index (χ4n) is 2.90. The van der Waals surface area contributed by atoms with E-state index >= 15 is 0 Å². The van der Waals surface area contributed by atoms with Crippen molar-refractivity contribution >= 4 is 23.7 Å². The third-order valence-corrected chi connectivity index (χ3v) is 4.67. The normalized spacial score (nSPS) is 9.93. The number of rotatable bonds is 6. The highest BCUT2D eigenvalue weighted by atomic mass is 35.5. The maximum atomic E-state index is 8.94. The van der Waals surface area contributed by atoms with Gasteiger partial charge in [-0.1, -0.05) is 35.9 Å². The van der Waals surface area contributed by atoms with Crippen LogP contribution in [0.15, 0.2) is 54.6 Å². The highest BCUT2D eigenvalue weighted by Gasteiger charge is 2.10. The molecule has 158 valence electrons. The van der Waals surface area contributed by atoms with E-state index in [2.05, 4.69) is 10.8 Å². The molecule has 0 bridgehead atoms. The predicted octanol–water partition coefficient (Wildman–Crippen LogP) is 3.51. The molecule has 30 heavy (non-hydrogen) atoms. The Hall–Kier alpha value is -3.13. The Bertz CT molecular complexity index is 978. The first-order chi connectivity index (χ1) is 14.4. The Morgan fingerprint density at radius 1 is 1.13 bits per heavy atom. The molecule has 1 heterocycles. The van der Waals surface area contributed by atoms with Crippen LogP contribution in [0.2, 0.25) is 5.02 Å². The Labute approximate surface area is 181 Å². The van der Waals surface area contributed by atoms with Crippen molar-refractivity contribution in [1.29, 1.82) is 0 Å². The van der Waals surface area contributed by atoms with E-state index in [1.165, 1.54) is 0 Å². The molecule has 0 atom stereocenters. The molecule has 1 aromatic heterocycles. The maximum absolute atomic E-state index is 8.94. The molecule has 8 heteroatoms. The molecule has 0 aliphatic carbocycles. The average molecular weight is 428 g/mol. The summed E-state index contributed by atoms with van der Waals surface area (Å²) in [4.78, 5) is 13.5. The van der Waals surface area contributed by atoms with Crippen LogP contribution in [0.3, 0.4) is 0 Å². The van der Waals surface area contributed by atoms with Crippen molar-refractivity contribution in [2.24, 2.45) is 11.7 Å². The highest BCUT2D eigenvalue weighted by molar-refractivity contribution is 6.30. The average Bonchev–Trinajstić information content (AvgIpc) is 2.73. The first-order valence-corrected chi connectivity index (χ1v) is 9.58. The topological polar surface area (TPSA) is 106 Å². The summed E-state index contributed by atoms with van der Waals surface area (Å²) < 4.78 is 5.94. The zero-order valence-corrected chi connectivity index (χ0v) is 18.0. The zero-order valence-electron chi connectivity index (χ0n) is 17.2. The van der Waals surface area contributed by atoms with Crippen LogP contribution in [0.4, 0.5) is 5.69 Å². The summed E-state index contributed by atoms with van der Waals surface area (Å²) >= 11 is 5.96. The minimum atomic E-state index is 0.403. The second-order valence-corrected chi connectivity index (χ2v) is 6.98. The monoisotopic (exact) mass is 427 g/mol. The molecule has 1 amide bonds. The molecule has 0 aliphatic rings. The number of carbonyl (C=O) groups excluding carboxylic acids is 1. The van der Waals surface area contributed by atoms with Gasteiger partial charge < -0.3 is 9.75 Å². The van der Waals surface area contributed by atoms with Gasteiger partial charge >= 0.3 is 0 Å². The number of halogens is 1. The summed E-state index contributed by atoms with van der Waals surface area (Å²) in [5.41, 5.74) is 7.93. The molecule has 0 spiro atoms. The van der Waals surface area contributed by atoms with Crippen LogP contribution in [-0.4, -0.2) is 18.4 Å². The van der Waals surface area contributed by atoms with Crippen LogP contribution in [-0.2, 0) is 11.4 Å². The largest absolute Gasteiger partial charge is 0.473 e. The Morgan fingerprint density at radius 3 is 2.37 bits per heavy atom. The van der Waals surface area contributed by atoms with Crippen molar-refractivity contribution in [3.63, 3.8) is 0 Å². The van der Waals surface area contributed by atoms with E-state index in [1.54, 1.807) is 10.4 Å². The van der Waals surface area contributed by atoms with Crippen LogP contribution in [0.5, 0.6) is 5.88 Å². The third-order valence-electron chi connectivity index (χ3n) is 4.41. The SMILES string of the molecule is Cc1cccc(N(C)N)c1COc1ccc(-c2ccc(Cl)cc2)c(C)n1.NNC=O. The van der Waals surface area contributed by atoms with Gasteiger partial charge in [-0.25, -0.2) is 16.7 Å². The van der Waals surface area contributed by atoms with Gasteiger partial charge in [0.2, 0.25) is 12.3 Å². The number of hydrogen-bond acceptors (Lipinski definition) is 6. The van der Waals surface area contributed by atoms with Gasteiger partial charge in [0.05, 0.1) is 5.69 Å². The number of carbonyl (C=O) groups is 1. The zero-order chi connectivity index (χ0) is 22.1. The standard InChI is InChI=1S/C21H22ClN3O.CH4N2O/c1-14-5-4-6-20(25(3)23)19(14)13-26-21-12-11-18(15(2)24-21)16-7-9-17(22)10-8-16;2-3-1-4/h4-12H,13,23H2,1-3H3;1H,2H2,(H,3,4). The number of nitrogens with two attached hydrogens (primary N) is 2. The Kier molecular flexibility index (Phi) is 8.61. The quantitative estimate of drug-likeness (QED) is 0.240. The fourth-order valence-corrected chi connectivity index (χ4v) is 3.03. The Morgan fingerprint density at radius 2 is 1.80 bits per heavy atom. The number of aromatic nitrogens is 1. The maximum Gasteiger partial charge on any atom is 0.221 e. The van der Waals surface area contributed by atoms with E-state index in [-0.39, 0.29) is 0 Å². The molecule has 5 N–H and O–H groups in total. The summed E-state index contributed by atoms with van der Waals surface area (Å²) in [7, 11) is 1.82. The van der Waals surface area contributed by atoms with E-state index in [1.807, 2.05) is 75.5 Å². The molecule has 7 nitrogen and oxygen atoms in total. The van der Waals surface area contributed by atoms with Gasteiger partial charge in [0.15, 0.2) is 0 Å². The number of nitrogens with one attached hydrogen (secondary N) is 1. The summed E-state index contributed by atoms with van der Waals surface area (Å²) in [5, 5.41) is 2.33. The lowest BCUT2D eigenvalue weighted by Gasteiger charge is -2.19. The van der Waals surface area contributed by atoms with Gasteiger partial charge in [-0.05, 0) is 49.2 Å². The first-order valence-electron chi connectivity index (χ1n) is 9.20. The lowest BCUT2D eigenvalue weighted by molar-refractivity contribution is -0.109. The number of benzene rings is 2. The molecule has 2 aromatic carbocycles. The van der Waals surface area contributed by atoms with Gasteiger partial charge in [0.1, 0.15) is 6.61 Å². The number of hydrogen-bond donors (Lipinski definition) is 3. The van der Waals surface area contributed by atoms with Crippen molar-refractivity contribution < 1.29 is 9.53 Å². The lowest BCUT2D eigenvalue weighted by Crippen LogP contribution is -2.26. The van der Waals surface area contributed by atoms with Gasteiger partial charge in [-0.2, -0.15) is 0 Å². The molecule has 0 saturated carbocycles. The fraction of sp³-hybridized carbons (Fsp3) is 0.182. The van der Waals surface area contributed by atoms with Crippen LogP contribution in [0.25, 0.3) is 11.1 Å². The van der Waals surface area contributed by atoms with Crippen LogP contribution in [0, 0.1) is 13.8 Å². The summed E-state index contributed by atoms with van der Waals surface area (Å²) in [6.45, 7) is 4.44. The van der Waals surface area contributed by atoms with Crippen molar-refractivity contribution in [3.05, 3.63) is 76.4 Å². The van der Waals surface area contributed by atoms with Crippen molar-refractivity contribution in [1.82, 2.24) is 10.4 Å². The molecule has 0 aliphatic heterocycles. The number of nitrogens with zero attached hydrogens (tertiary/aromatic N) is 2. The number of aryl methyl sites for hydroxylation is 2. The number of ether oxygens (including phenoxy) is 1. The molecular weight excluding hydrogens is 402 g/mol. The number of pyridine rings is 1. The van der Waals surface area contributed by atoms with Crippen LogP contribution >= 0.6 is 11.6 Å². The summed E-state index contributed by atoms with van der Waals surface area (Å²) in [6.07, 6.45) is 0.403. The smallest absolute Gasteiger partial charge is 0.221 e. The number of hydrazine groups is 2. The van der Waals surface area contributed by atoms with Gasteiger partial charge in [0, 0.05) is 35.0 Å². The van der Waals surface area contributed by atoms with E-state index in [0.29, 0.717) is 18.9 Å². The van der Waals surface area contributed by atoms with Crippen LogP contribution in [0.1, 0.15) is 16.8 Å². The number of anilines is 1. The number of amides is 1. The van der Waals surface area contributed by atoms with E-state index in [4.69, 9.17) is 27.0 Å². The minimum Gasteiger partial charge on any atom is -0.473 e. The van der Waals surface area contributed by atoms with Crippen LogP contribution < -0.4 is 26.9 Å². The molecule has 0 saturated heterocycles. The molecular formula is C22H26ClN5O2. The van der Waals surface area contributed by atoms with Crippen molar-refractivity contribution in [2.75, 3.05) is 12.1 Å². The van der Waals surface area contributed by atoms with E-state index < -0.39 is 0 Å². The van der Waals surface area contributed by atoms with E-state index in [9.17, 15) is 0 Å². The van der Waals surface area contributed by atoms with E-state index in [0.717, 1.165) is 38.7 Å². The Balaban J connectivity index is 0.000000735. The minimum absolute atomic E-state index is 0.403. The molecule has 0 unspecified atom stereocenters. The second-order valence-electron chi connectivity index (χ2n) is 6.55. The van der Waals surface area contributed by atoms with Gasteiger partial charge in [-0.3, -0.25) is 10.2 Å². The summed E-state index contributed by atoms with van der Waals surface area (Å²) in [5.74, 6) is 10.9. The third kappa shape index (κ3) is 6.18. The highest BCUT2D eigenvalue weighted by Crippen LogP contribution is 2.27. The van der Waals surface area contributed by atoms with Crippen molar-refractivity contribution in [2.45, 2.75) is 20.5 Å². The van der Waals surface area contributed by atoms with Gasteiger partial charge in [-0.15, -0.1) is 0 Å². The lowest BCUT2D eigenvalue weighted by atomic mass is 10.0.